The highest BCUT2D eigenvalue weighted by molar-refractivity contribution is 5.00. The fraction of sp³-hybridized carbons (Fsp3) is 0.727. The summed E-state index contributed by atoms with van der Waals surface area (Å²) in [5, 5.41) is 0. The number of hydrogen-bond acceptors (Lipinski definition) is 3. The lowest BCUT2D eigenvalue weighted by molar-refractivity contribution is 0.127. The highest BCUT2D eigenvalue weighted by atomic mass is 16.5. The summed E-state index contributed by atoms with van der Waals surface area (Å²) >= 11 is 0. The van der Waals surface area contributed by atoms with Crippen LogP contribution >= 0.6 is 0 Å². The molecule has 0 fully saturated rings. The number of nitrogens with two attached hydrogens (primary N) is 1. The van der Waals surface area contributed by atoms with Crippen LogP contribution in [0.5, 0.6) is 0 Å². The van der Waals surface area contributed by atoms with E-state index in [1.165, 1.54) is 0 Å². The predicted molar refractivity (Wildman–Crippen MR) is 60.7 cm³/mol. The van der Waals surface area contributed by atoms with Crippen molar-refractivity contribution in [2.24, 2.45) is 5.73 Å². The summed E-state index contributed by atoms with van der Waals surface area (Å²) in [6.07, 6.45) is 5.45. The Bertz CT molecular complexity index is 298. The second kappa shape index (κ2) is 5.28. The molecule has 15 heavy (non-hydrogen) atoms. The largest absolute Gasteiger partial charge is 0.383 e. The number of nitrogens with zero attached hydrogens (tertiary/aromatic N) is 2. The molecule has 0 aliphatic carbocycles. The van der Waals surface area contributed by atoms with Crippen LogP contribution in [0.2, 0.25) is 0 Å². The lowest BCUT2D eigenvalue weighted by Crippen LogP contribution is -2.46. The van der Waals surface area contributed by atoms with E-state index >= 15 is 0 Å². The molecule has 1 heterocycles. The number of hydrogen-bond donors (Lipinski definition) is 1. The van der Waals surface area contributed by atoms with Crippen molar-refractivity contribution < 1.29 is 4.74 Å². The quantitative estimate of drug-likeness (QED) is 0.769. The number of ether oxygens (including phenoxy) is 1. The Balaban J connectivity index is 2.74. The average Bonchev–Trinajstić information content (AvgIpc) is 2.65. The first-order valence-corrected chi connectivity index (χ1v) is 5.43. The molecular formula is C11H21N3O. The van der Waals surface area contributed by atoms with Crippen LogP contribution in [0.3, 0.4) is 0 Å². The molecule has 1 rings (SSSR count). The Hall–Kier alpha value is -0.870. The monoisotopic (exact) mass is 211 g/mol. The van der Waals surface area contributed by atoms with Gasteiger partial charge in [-0.15, -0.1) is 0 Å². The first-order valence-electron chi connectivity index (χ1n) is 5.43. The van der Waals surface area contributed by atoms with Gasteiger partial charge in [-0.05, 0) is 13.3 Å². The molecule has 1 atom stereocenters. The van der Waals surface area contributed by atoms with E-state index in [-0.39, 0.29) is 5.54 Å². The summed E-state index contributed by atoms with van der Waals surface area (Å²) < 4.78 is 7.28. The molecule has 1 aromatic heterocycles. The molecule has 2 N–H and O–H groups in total. The van der Waals surface area contributed by atoms with Crippen molar-refractivity contribution >= 4 is 0 Å². The molecule has 0 saturated heterocycles. The highest BCUT2D eigenvalue weighted by Gasteiger charge is 2.25. The number of aromatic nitrogens is 2. The van der Waals surface area contributed by atoms with Crippen LogP contribution < -0.4 is 5.73 Å². The zero-order valence-corrected chi connectivity index (χ0v) is 9.86. The number of methoxy groups -OCH3 is 1. The van der Waals surface area contributed by atoms with Gasteiger partial charge >= 0.3 is 0 Å². The number of rotatable bonds is 6. The summed E-state index contributed by atoms with van der Waals surface area (Å²) in [5.74, 6) is 1.04. The van der Waals surface area contributed by atoms with Crippen LogP contribution in [0.15, 0.2) is 12.4 Å². The van der Waals surface area contributed by atoms with Gasteiger partial charge in [0.15, 0.2) is 0 Å². The number of imidazole rings is 1. The highest BCUT2D eigenvalue weighted by Crippen LogP contribution is 2.14. The van der Waals surface area contributed by atoms with Gasteiger partial charge in [0.25, 0.3) is 0 Å². The standard InChI is InChI=1S/C11H21N3O/c1-4-11(12,9-15-3)8-10-13-6-7-14(10)5-2/h6-7H,4-5,8-9,12H2,1-3H3. The Kier molecular flexibility index (Phi) is 4.29. The van der Waals surface area contributed by atoms with Crippen LogP contribution in [0.25, 0.3) is 0 Å². The lowest BCUT2D eigenvalue weighted by atomic mass is 9.94. The van der Waals surface area contributed by atoms with Crippen LogP contribution in [0.1, 0.15) is 26.1 Å². The van der Waals surface area contributed by atoms with E-state index < -0.39 is 0 Å². The van der Waals surface area contributed by atoms with E-state index in [0.29, 0.717) is 6.61 Å². The van der Waals surface area contributed by atoms with Crippen molar-refractivity contribution in [2.75, 3.05) is 13.7 Å². The van der Waals surface area contributed by atoms with E-state index in [9.17, 15) is 0 Å². The van der Waals surface area contributed by atoms with Crippen LogP contribution in [-0.4, -0.2) is 28.8 Å². The zero-order chi connectivity index (χ0) is 11.3. The van der Waals surface area contributed by atoms with Gasteiger partial charge in [-0.2, -0.15) is 0 Å². The smallest absolute Gasteiger partial charge is 0.110 e. The minimum Gasteiger partial charge on any atom is -0.383 e. The van der Waals surface area contributed by atoms with Gasteiger partial charge in [0, 0.05) is 38.0 Å². The third-order valence-electron chi connectivity index (χ3n) is 2.79. The molecule has 0 aliphatic rings. The van der Waals surface area contributed by atoms with E-state index in [2.05, 4.69) is 23.4 Å². The van der Waals surface area contributed by atoms with Gasteiger partial charge < -0.3 is 15.0 Å². The van der Waals surface area contributed by atoms with Crippen molar-refractivity contribution in [1.82, 2.24) is 9.55 Å². The maximum Gasteiger partial charge on any atom is 0.110 e. The molecule has 0 radical (unpaired) electrons. The van der Waals surface area contributed by atoms with Gasteiger partial charge in [0.1, 0.15) is 5.82 Å². The van der Waals surface area contributed by atoms with E-state index in [1.54, 1.807) is 7.11 Å². The summed E-state index contributed by atoms with van der Waals surface area (Å²) in [5.41, 5.74) is 5.95. The third kappa shape index (κ3) is 3.04. The fourth-order valence-electron chi connectivity index (χ4n) is 1.68. The van der Waals surface area contributed by atoms with Gasteiger partial charge in [-0.25, -0.2) is 4.98 Å². The SMILES string of the molecule is CCn1ccnc1CC(N)(CC)COC. The van der Waals surface area contributed by atoms with Gasteiger partial charge in [0.05, 0.1) is 6.61 Å². The molecule has 1 unspecified atom stereocenters. The topological polar surface area (TPSA) is 53.1 Å². The summed E-state index contributed by atoms with van der Waals surface area (Å²) in [6.45, 7) is 5.69. The molecule has 0 spiro atoms. The van der Waals surface area contributed by atoms with E-state index in [0.717, 1.165) is 25.2 Å². The van der Waals surface area contributed by atoms with Crippen molar-refractivity contribution in [3.63, 3.8) is 0 Å². The summed E-state index contributed by atoms with van der Waals surface area (Å²) in [7, 11) is 1.68. The predicted octanol–water partition coefficient (Wildman–Crippen LogP) is 1.20. The molecule has 0 bridgehead atoms. The zero-order valence-electron chi connectivity index (χ0n) is 9.86. The number of aryl methyl sites for hydroxylation is 1. The maximum absolute atomic E-state index is 6.24. The molecule has 0 aromatic carbocycles. The van der Waals surface area contributed by atoms with Gasteiger partial charge in [-0.3, -0.25) is 0 Å². The first kappa shape index (κ1) is 12.2. The molecule has 0 saturated carbocycles. The summed E-state index contributed by atoms with van der Waals surface area (Å²) in [4.78, 5) is 4.33. The van der Waals surface area contributed by atoms with Gasteiger partial charge in [-0.1, -0.05) is 6.92 Å². The minimum absolute atomic E-state index is 0.299. The molecular weight excluding hydrogens is 190 g/mol. The molecule has 4 heteroatoms. The first-order chi connectivity index (χ1) is 7.15. The van der Waals surface area contributed by atoms with Crippen molar-refractivity contribution in [2.45, 2.75) is 38.8 Å². The van der Waals surface area contributed by atoms with Crippen LogP contribution in [0.4, 0.5) is 0 Å². The Labute approximate surface area is 91.4 Å². The van der Waals surface area contributed by atoms with Crippen LogP contribution in [0, 0.1) is 0 Å². The molecule has 4 nitrogen and oxygen atoms in total. The second-order valence-electron chi connectivity index (χ2n) is 3.96. The average molecular weight is 211 g/mol. The van der Waals surface area contributed by atoms with Crippen molar-refractivity contribution in [1.29, 1.82) is 0 Å². The van der Waals surface area contributed by atoms with Gasteiger partial charge in [0.2, 0.25) is 0 Å². The summed E-state index contributed by atoms with van der Waals surface area (Å²) in [6, 6.07) is 0. The van der Waals surface area contributed by atoms with Crippen molar-refractivity contribution in [3.05, 3.63) is 18.2 Å². The minimum atomic E-state index is -0.299. The fourth-order valence-corrected chi connectivity index (χ4v) is 1.68. The maximum atomic E-state index is 6.24. The normalized spacial score (nSPS) is 15.2. The molecule has 86 valence electrons. The Morgan fingerprint density at radius 2 is 2.27 bits per heavy atom. The third-order valence-corrected chi connectivity index (χ3v) is 2.79. The Morgan fingerprint density at radius 1 is 1.53 bits per heavy atom. The lowest BCUT2D eigenvalue weighted by Gasteiger charge is -2.27. The molecule has 0 amide bonds. The van der Waals surface area contributed by atoms with E-state index in [4.69, 9.17) is 10.5 Å². The molecule has 0 aliphatic heterocycles. The molecule has 1 aromatic rings. The van der Waals surface area contributed by atoms with Crippen LogP contribution in [-0.2, 0) is 17.7 Å². The Morgan fingerprint density at radius 3 is 2.80 bits per heavy atom. The second-order valence-corrected chi connectivity index (χ2v) is 3.96. The van der Waals surface area contributed by atoms with E-state index in [1.807, 2.05) is 12.4 Å². The van der Waals surface area contributed by atoms with Crippen molar-refractivity contribution in [3.8, 4) is 0 Å².